The Balaban J connectivity index is 0.000000320. The van der Waals surface area contributed by atoms with Crippen LogP contribution in [0.5, 0.6) is 11.5 Å². The first-order valence-corrected chi connectivity index (χ1v) is 13.1. The van der Waals surface area contributed by atoms with E-state index < -0.39 is 5.90 Å². The van der Waals surface area contributed by atoms with Gasteiger partial charge in [0.05, 0.1) is 13.7 Å². The van der Waals surface area contributed by atoms with Crippen LogP contribution >= 0.6 is 11.6 Å². The molecular formula is C31H36ClCoN3O4. The fraction of sp³-hybridized carbons (Fsp3) is 0.290. The van der Waals surface area contributed by atoms with Crippen molar-refractivity contribution < 1.29 is 36.1 Å². The monoisotopic (exact) mass is 608 g/mol. The summed E-state index contributed by atoms with van der Waals surface area (Å²) in [5, 5.41) is 24.3. The SMILES string of the molecule is CCN1/C(=C\C=N)C(C)(Cc2cccc(Cl)c2)c2cc(OC)ccc21.COCCOc1cccc(C(=N)O)c1.[Co]. The topological polar surface area (TPSA) is 98.9 Å². The van der Waals surface area contributed by atoms with E-state index in [0.29, 0.717) is 24.5 Å². The van der Waals surface area contributed by atoms with Crippen LogP contribution in [0.1, 0.15) is 30.5 Å². The number of aliphatic hydroxyl groups is 1. The van der Waals surface area contributed by atoms with Crippen LogP contribution in [-0.2, 0) is 33.4 Å². The summed E-state index contributed by atoms with van der Waals surface area (Å²) in [7, 11) is 3.29. The molecule has 0 spiro atoms. The van der Waals surface area contributed by atoms with Crippen LogP contribution < -0.4 is 14.4 Å². The summed E-state index contributed by atoms with van der Waals surface area (Å²) in [6.45, 7) is 6.19. The van der Waals surface area contributed by atoms with Gasteiger partial charge in [0.15, 0.2) is 0 Å². The molecule has 1 radical (unpaired) electrons. The molecule has 1 unspecified atom stereocenters. The normalized spacial score (nSPS) is 16.3. The van der Waals surface area contributed by atoms with E-state index in [1.807, 2.05) is 30.3 Å². The van der Waals surface area contributed by atoms with E-state index >= 15 is 0 Å². The Morgan fingerprint density at radius 3 is 2.40 bits per heavy atom. The molecule has 1 heterocycles. The van der Waals surface area contributed by atoms with E-state index in [2.05, 4.69) is 36.9 Å². The van der Waals surface area contributed by atoms with Crippen molar-refractivity contribution in [1.82, 2.24) is 0 Å². The molecule has 0 bridgehead atoms. The van der Waals surface area contributed by atoms with Crippen molar-refractivity contribution in [1.29, 1.82) is 10.8 Å². The van der Waals surface area contributed by atoms with Gasteiger partial charge in [0, 0.05) is 64.0 Å². The molecule has 0 aliphatic carbocycles. The number of nitrogens with zero attached hydrogens (tertiary/aromatic N) is 1. The Kier molecular flexibility index (Phi) is 12.7. The number of hydrogen-bond donors (Lipinski definition) is 3. The zero-order valence-electron chi connectivity index (χ0n) is 23.2. The Morgan fingerprint density at radius 2 is 1.77 bits per heavy atom. The molecule has 3 aromatic rings. The maximum absolute atomic E-state index is 8.92. The fourth-order valence-corrected chi connectivity index (χ4v) is 5.01. The number of methoxy groups -OCH3 is 2. The maximum atomic E-state index is 8.92. The fourth-order valence-electron chi connectivity index (χ4n) is 4.80. The van der Waals surface area contributed by atoms with Gasteiger partial charge < -0.3 is 29.6 Å². The molecule has 1 atom stereocenters. The van der Waals surface area contributed by atoms with Crippen molar-refractivity contribution in [3.8, 4) is 11.5 Å². The Labute approximate surface area is 251 Å². The molecule has 0 aromatic heterocycles. The Bertz CT molecular complexity index is 1330. The zero-order chi connectivity index (χ0) is 28.4. The number of aliphatic hydroxyl groups excluding tert-OH is 1. The molecule has 0 amide bonds. The number of nitrogens with one attached hydrogen (secondary N) is 2. The quantitative estimate of drug-likeness (QED) is 0.133. The summed E-state index contributed by atoms with van der Waals surface area (Å²) in [6.07, 6.45) is 4.09. The van der Waals surface area contributed by atoms with Crippen molar-refractivity contribution in [2.45, 2.75) is 25.7 Å². The molecular weight excluding hydrogens is 573 g/mol. The molecule has 7 nitrogen and oxygen atoms in total. The summed E-state index contributed by atoms with van der Waals surface area (Å²) >= 11 is 6.20. The largest absolute Gasteiger partial charge is 0.497 e. The Hall–Kier alpha value is -3.30. The first kappa shape index (κ1) is 32.9. The molecule has 3 aromatic carbocycles. The number of anilines is 1. The van der Waals surface area contributed by atoms with Crippen LogP contribution in [0.3, 0.4) is 0 Å². The number of hydrogen-bond acceptors (Lipinski definition) is 6. The second-order valence-electron chi connectivity index (χ2n) is 9.20. The van der Waals surface area contributed by atoms with Gasteiger partial charge in [0.1, 0.15) is 18.1 Å². The number of halogens is 1. The zero-order valence-corrected chi connectivity index (χ0v) is 25.0. The third-order valence-corrected chi connectivity index (χ3v) is 6.85. The van der Waals surface area contributed by atoms with Gasteiger partial charge in [-0.1, -0.05) is 29.8 Å². The van der Waals surface area contributed by atoms with Crippen molar-refractivity contribution >= 4 is 29.4 Å². The number of likely N-dealkylation sites (N-methyl/N-ethyl adjacent to an activating group) is 1. The molecule has 40 heavy (non-hydrogen) atoms. The summed E-state index contributed by atoms with van der Waals surface area (Å²) in [4.78, 5) is 2.28. The third kappa shape index (κ3) is 7.88. The first-order chi connectivity index (χ1) is 18.8. The van der Waals surface area contributed by atoms with Gasteiger partial charge in [-0.25, -0.2) is 0 Å². The minimum atomic E-state index is -0.456. The van der Waals surface area contributed by atoms with Gasteiger partial charge in [-0.3, -0.25) is 5.41 Å². The van der Waals surface area contributed by atoms with E-state index in [0.717, 1.165) is 29.4 Å². The number of ether oxygens (including phenoxy) is 3. The number of rotatable bonds is 10. The predicted molar refractivity (Wildman–Crippen MR) is 159 cm³/mol. The molecule has 4 rings (SSSR count). The first-order valence-electron chi connectivity index (χ1n) is 12.7. The van der Waals surface area contributed by atoms with E-state index in [1.165, 1.54) is 23.0 Å². The average Bonchev–Trinajstić information content (AvgIpc) is 3.15. The van der Waals surface area contributed by atoms with Gasteiger partial charge in [0.2, 0.25) is 5.90 Å². The minimum absolute atomic E-state index is 0. The van der Waals surface area contributed by atoms with E-state index in [4.69, 9.17) is 41.7 Å². The van der Waals surface area contributed by atoms with Gasteiger partial charge >= 0.3 is 0 Å². The molecule has 0 fully saturated rings. The maximum Gasteiger partial charge on any atom is 0.210 e. The van der Waals surface area contributed by atoms with Crippen LogP contribution in [0.2, 0.25) is 5.02 Å². The second-order valence-corrected chi connectivity index (χ2v) is 9.64. The molecule has 1 aliphatic heterocycles. The minimum Gasteiger partial charge on any atom is -0.497 e. The molecule has 3 N–H and O–H groups in total. The van der Waals surface area contributed by atoms with Crippen molar-refractivity contribution in [2.24, 2.45) is 0 Å². The molecule has 0 saturated heterocycles. The van der Waals surface area contributed by atoms with E-state index in [1.54, 1.807) is 38.5 Å². The van der Waals surface area contributed by atoms with Crippen molar-refractivity contribution in [2.75, 3.05) is 38.9 Å². The number of fused-ring (bicyclic) bond motifs is 1. The number of allylic oxidation sites excluding steroid dienone is 2. The third-order valence-electron chi connectivity index (χ3n) is 6.61. The summed E-state index contributed by atoms with van der Waals surface area (Å²) in [5.74, 6) is 1.02. The van der Waals surface area contributed by atoms with E-state index in [9.17, 15) is 0 Å². The molecule has 9 heteroatoms. The summed E-state index contributed by atoms with van der Waals surface area (Å²) in [6, 6.07) is 21.0. The summed E-state index contributed by atoms with van der Waals surface area (Å²) in [5.41, 5.74) is 4.91. The van der Waals surface area contributed by atoms with Crippen molar-refractivity contribution in [3.63, 3.8) is 0 Å². The smallest absolute Gasteiger partial charge is 0.210 e. The van der Waals surface area contributed by atoms with E-state index in [-0.39, 0.29) is 22.2 Å². The molecule has 215 valence electrons. The van der Waals surface area contributed by atoms with Gasteiger partial charge in [-0.15, -0.1) is 0 Å². The standard InChI is InChI=1S/C21H23ClN2O.C10H13NO3.Co/c1-4-24-19-9-8-17(25-3)13-18(19)21(2,20(24)10-11-23)14-15-6-5-7-16(22)12-15;1-13-5-6-14-9-4-2-3-8(7-9)10(11)12;/h5-13,23H,4,14H2,1-3H3;2-4,7H,5-6H2,1H3,(H2,11,12);/b20-10-,23-11?;;. The van der Waals surface area contributed by atoms with Crippen LogP contribution in [0.25, 0.3) is 0 Å². The predicted octanol–water partition coefficient (Wildman–Crippen LogP) is 6.82. The van der Waals surface area contributed by atoms with Crippen LogP contribution in [0, 0.1) is 10.8 Å². The number of benzene rings is 3. The van der Waals surface area contributed by atoms with Crippen LogP contribution in [0.4, 0.5) is 5.69 Å². The molecule has 1 aliphatic rings. The summed E-state index contributed by atoms with van der Waals surface area (Å²) < 4.78 is 15.6. The molecule has 0 saturated carbocycles. The van der Waals surface area contributed by atoms with Gasteiger partial charge in [-0.2, -0.15) is 0 Å². The van der Waals surface area contributed by atoms with Gasteiger partial charge in [-0.05, 0) is 86.0 Å². The van der Waals surface area contributed by atoms with Gasteiger partial charge in [0.25, 0.3) is 0 Å². The van der Waals surface area contributed by atoms with Crippen LogP contribution in [0.15, 0.2) is 78.5 Å². The Morgan fingerprint density at radius 1 is 1.02 bits per heavy atom. The average molecular weight is 609 g/mol. The van der Waals surface area contributed by atoms with Crippen LogP contribution in [-0.4, -0.2) is 51.2 Å². The second kappa shape index (κ2) is 15.5. The van der Waals surface area contributed by atoms with Crippen molar-refractivity contribution in [3.05, 3.63) is 100 Å².